The Labute approximate surface area is 120 Å². The van der Waals surface area contributed by atoms with Crippen molar-refractivity contribution in [1.29, 1.82) is 0 Å². The van der Waals surface area contributed by atoms with E-state index in [0.29, 0.717) is 0 Å². The van der Waals surface area contributed by atoms with E-state index in [-0.39, 0.29) is 0 Å². The zero-order valence-electron chi connectivity index (χ0n) is 10.2. The van der Waals surface area contributed by atoms with Gasteiger partial charge in [-0.1, -0.05) is 11.8 Å². The fraction of sp³-hybridized carbons (Fsp3) is 0.143. The normalized spacial score (nSPS) is 10.4. The van der Waals surface area contributed by atoms with E-state index in [1.165, 1.54) is 4.90 Å². The highest BCUT2D eigenvalue weighted by molar-refractivity contribution is 9.10. The van der Waals surface area contributed by atoms with E-state index in [4.69, 9.17) is 10.5 Å². The van der Waals surface area contributed by atoms with Crippen molar-refractivity contribution in [3.05, 3.63) is 46.4 Å². The predicted molar refractivity (Wildman–Crippen MR) is 80.4 cm³/mol. The van der Waals surface area contributed by atoms with Gasteiger partial charge in [-0.15, -0.1) is 0 Å². The molecule has 4 heteroatoms. The number of methoxy groups -OCH3 is 1. The highest BCUT2D eigenvalue weighted by Gasteiger charge is 2.05. The van der Waals surface area contributed by atoms with E-state index in [0.717, 1.165) is 26.4 Å². The summed E-state index contributed by atoms with van der Waals surface area (Å²) < 4.78 is 6.16. The lowest BCUT2D eigenvalue weighted by molar-refractivity contribution is 0.414. The molecule has 0 aliphatic rings. The number of hydrogen-bond donors (Lipinski definition) is 1. The molecule has 0 unspecified atom stereocenters. The van der Waals surface area contributed by atoms with Gasteiger partial charge in [-0.05, 0) is 64.8 Å². The second kappa shape index (κ2) is 5.67. The van der Waals surface area contributed by atoms with E-state index in [1.54, 1.807) is 18.9 Å². The third-order valence-electron chi connectivity index (χ3n) is 2.61. The molecular formula is C14H14BrNOS. The Bertz CT molecular complexity index is 554. The Kier molecular flexibility index (Phi) is 4.19. The lowest BCUT2D eigenvalue weighted by Crippen LogP contribution is -1.90. The number of nitrogen functional groups attached to an aromatic ring is 1. The van der Waals surface area contributed by atoms with E-state index < -0.39 is 0 Å². The molecule has 2 aromatic rings. The topological polar surface area (TPSA) is 35.2 Å². The van der Waals surface area contributed by atoms with Crippen molar-refractivity contribution < 1.29 is 4.74 Å². The van der Waals surface area contributed by atoms with Crippen LogP contribution in [0.25, 0.3) is 0 Å². The molecule has 2 nitrogen and oxygen atoms in total. The molecule has 18 heavy (non-hydrogen) atoms. The first kappa shape index (κ1) is 13.3. The van der Waals surface area contributed by atoms with Crippen LogP contribution in [0.4, 0.5) is 5.69 Å². The Morgan fingerprint density at radius 3 is 2.44 bits per heavy atom. The van der Waals surface area contributed by atoms with Gasteiger partial charge >= 0.3 is 0 Å². The molecule has 2 N–H and O–H groups in total. The lowest BCUT2D eigenvalue weighted by atomic mass is 10.2. The second-order valence-electron chi connectivity index (χ2n) is 3.92. The van der Waals surface area contributed by atoms with Crippen LogP contribution in [0.5, 0.6) is 5.75 Å². The maximum absolute atomic E-state index is 5.87. The van der Waals surface area contributed by atoms with Crippen LogP contribution in [-0.2, 0) is 0 Å². The van der Waals surface area contributed by atoms with Gasteiger partial charge in [0.15, 0.2) is 0 Å². The molecule has 0 amide bonds. The fourth-order valence-electron chi connectivity index (χ4n) is 1.52. The van der Waals surface area contributed by atoms with Crippen molar-refractivity contribution in [3.8, 4) is 5.75 Å². The number of benzene rings is 2. The van der Waals surface area contributed by atoms with Crippen LogP contribution >= 0.6 is 27.7 Å². The molecule has 0 aromatic heterocycles. The van der Waals surface area contributed by atoms with Gasteiger partial charge in [0.2, 0.25) is 0 Å². The largest absolute Gasteiger partial charge is 0.497 e. The van der Waals surface area contributed by atoms with Gasteiger partial charge in [0.05, 0.1) is 7.11 Å². The van der Waals surface area contributed by atoms with Gasteiger partial charge in [0.1, 0.15) is 5.75 Å². The number of halogens is 1. The predicted octanol–water partition coefficient (Wildman–Crippen LogP) is 4.50. The molecule has 2 aromatic carbocycles. The standard InChI is InChI=1S/C14H14BrNOS/c1-9-7-14(12(15)8-13(9)16)18-11-5-3-10(17-2)4-6-11/h3-8H,16H2,1-2H3. The minimum Gasteiger partial charge on any atom is -0.497 e. The summed E-state index contributed by atoms with van der Waals surface area (Å²) in [6.45, 7) is 2.01. The molecular weight excluding hydrogens is 310 g/mol. The van der Waals surface area contributed by atoms with Gasteiger partial charge in [-0.25, -0.2) is 0 Å². The molecule has 0 fully saturated rings. The summed E-state index contributed by atoms with van der Waals surface area (Å²) in [6.07, 6.45) is 0. The molecule has 2 rings (SSSR count). The van der Waals surface area contributed by atoms with Gasteiger partial charge in [-0.3, -0.25) is 0 Å². The van der Waals surface area contributed by atoms with Crippen molar-refractivity contribution in [1.82, 2.24) is 0 Å². The van der Waals surface area contributed by atoms with E-state index in [2.05, 4.69) is 22.0 Å². The Morgan fingerprint density at radius 1 is 1.17 bits per heavy atom. The summed E-state index contributed by atoms with van der Waals surface area (Å²) >= 11 is 5.24. The maximum atomic E-state index is 5.87. The lowest BCUT2D eigenvalue weighted by Gasteiger charge is -2.08. The van der Waals surface area contributed by atoms with E-state index in [9.17, 15) is 0 Å². The molecule has 0 spiro atoms. The summed E-state index contributed by atoms with van der Waals surface area (Å²) in [6, 6.07) is 12.0. The van der Waals surface area contributed by atoms with Crippen LogP contribution < -0.4 is 10.5 Å². The molecule has 0 saturated carbocycles. The third kappa shape index (κ3) is 3.00. The summed E-state index contributed by atoms with van der Waals surface area (Å²) in [5, 5.41) is 0. The molecule has 0 aliphatic carbocycles. The number of nitrogens with two attached hydrogens (primary N) is 1. The van der Waals surface area contributed by atoms with Crippen molar-refractivity contribution in [3.63, 3.8) is 0 Å². The molecule has 0 heterocycles. The third-order valence-corrected chi connectivity index (χ3v) is 4.59. The highest BCUT2D eigenvalue weighted by atomic mass is 79.9. The van der Waals surface area contributed by atoms with E-state index >= 15 is 0 Å². The van der Waals surface area contributed by atoms with Crippen LogP contribution in [0.2, 0.25) is 0 Å². The second-order valence-corrected chi connectivity index (χ2v) is 5.89. The summed E-state index contributed by atoms with van der Waals surface area (Å²) in [5.74, 6) is 0.868. The van der Waals surface area contributed by atoms with Crippen LogP contribution in [0.15, 0.2) is 50.7 Å². The number of ether oxygens (including phenoxy) is 1. The van der Waals surface area contributed by atoms with Crippen LogP contribution in [0, 0.1) is 6.92 Å². The molecule has 0 radical (unpaired) electrons. The molecule has 0 aliphatic heterocycles. The smallest absolute Gasteiger partial charge is 0.118 e. The Morgan fingerprint density at radius 2 is 1.83 bits per heavy atom. The first-order chi connectivity index (χ1) is 8.60. The fourth-order valence-corrected chi connectivity index (χ4v) is 3.04. The van der Waals surface area contributed by atoms with E-state index in [1.807, 2.05) is 37.3 Å². The number of rotatable bonds is 3. The molecule has 0 atom stereocenters. The first-order valence-corrected chi connectivity index (χ1v) is 7.08. The SMILES string of the molecule is COc1ccc(Sc2cc(C)c(N)cc2Br)cc1. The minimum absolute atomic E-state index is 0.806. The number of hydrogen-bond acceptors (Lipinski definition) is 3. The maximum Gasteiger partial charge on any atom is 0.118 e. The van der Waals surface area contributed by atoms with Crippen molar-refractivity contribution in [2.75, 3.05) is 12.8 Å². The quantitative estimate of drug-likeness (QED) is 0.844. The van der Waals surface area contributed by atoms with Crippen molar-refractivity contribution in [2.45, 2.75) is 16.7 Å². The Hall–Kier alpha value is -1.13. The zero-order valence-corrected chi connectivity index (χ0v) is 12.6. The average Bonchev–Trinajstić information content (AvgIpc) is 2.37. The molecule has 0 bridgehead atoms. The van der Waals surface area contributed by atoms with Crippen LogP contribution in [-0.4, -0.2) is 7.11 Å². The van der Waals surface area contributed by atoms with Crippen molar-refractivity contribution in [2.24, 2.45) is 0 Å². The number of anilines is 1. The zero-order chi connectivity index (χ0) is 13.1. The van der Waals surface area contributed by atoms with Crippen molar-refractivity contribution >= 4 is 33.4 Å². The highest BCUT2D eigenvalue weighted by Crippen LogP contribution is 2.36. The van der Waals surface area contributed by atoms with Gasteiger partial charge in [0, 0.05) is 20.0 Å². The monoisotopic (exact) mass is 323 g/mol. The molecule has 94 valence electrons. The summed E-state index contributed by atoms with van der Waals surface area (Å²) in [5.41, 5.74) is 7.76. The van der Waals surface area contributed by atoms with Gasteiger partial charge < -0.3 is 10.5 Å². The summed E-state index contributed by atoms with van der Waals surface area (Å²) in [7, 11) is 1.67. The van der Waals surface area contributed by atoms with Crippen LogP contribution in [0.1, 0.15) is 5.56 Å². The summed E-state index contributed by atoms with van der Waals surface area (Å²) in [4.78, 5) is 2.33. The average molecular weight is 324 g/mol. The molecule has 0 saturated heterocycles. The first-order valence-electron chi connectivity index (χ1n) is 5.47. The number of aryl methyl sites for hydroxylation is 1. The van der Waals surface area contributed by atoms with Gasteiger partial charge in [0.25, 0.3) is 0 Å². The van der Waals surface area contributed by atoms with Gasteiger partial charge in [-0.2, -0.15) is 0 Å². The minimum atomic E-state index is 0.806. The van der Waals surface area contributed by atoms with Crippen LogP contribution in [0.3, 0.4) is 0 Å². The Balaban J connectivity index is 2.25.